The number of hydrogen-bond acceptors (Lipinski definition) is 3. The van der Waals surface area contributed by atoms with E-state index in [1.54, 1.807) is 0 Å². The molecule has 0 bridgehead atoms. The fourth-order valence-corrected chi connectivity index (χ4v) is 4.33. The van der Waals surface area contributed by atoms with Crippen LogP contribution in [0.5, 0.6) is 0 Å². The van der Waals surface area contributed by atoms with E-state index < -0.39 is 0 Å². The van der Waals surface area contributed by atoms with Crippen molar-refractivity contribution in [3.8, 4) is 0 Å². The Balaban J connectivity index is 3.96. The molecule has 2 amide bonds. The molecular weight excluding hydrogens is 422 g/mol. The Hall–Kier alpha value is -1.10. The van der Waals surface area contributed by atoms with Crippen molar-refractivity contribution in [1.82, 2.24) is 16.0 Å². The lowest BCUT2D eigenvalue weighted by atomic mass is 10.1. The first-order valence-corrected chi connectivity index (χ1v) is 14.9. The highest BCUT2D eigenvalue weighted by molar-refractivity contribution is 5.79. The molecule has 3 N–H and O–H groups in total. The standard InChI is InChI=1S/C29H59N3O2/c1-4-7-9-11-13-15-17-19-21-23-28(33)31-27(25-26-30-6-3)32-29(34)24-22-20-18-16-14-12-10-8-5-2/h27,30H,4-26H2,1-3H3,(H,31,33)(H,32,34). The van der Waals surface area contributed by atoms with Crippen LogP contribution in [-0.4, -0.2) is 31.1 Å². The summed E-state index contributed by atoms with van der Waals surface area (Å²) in [6.07, 6.45) is 24.0. The van der Waals surface area contributed by atoms with Crippen LogP contribution in [0.25, 0.3) is 0 Å². The third-order valence-corrected chi connectivity index (χ3v) is 6.55. The second-order valence-corrected chi connectivity index (χ2v) is 9.99. The Morgan fingerprint density at radius 1 is 0.529 bits per heavy atom. The SMILES string of the molecule is CCCCCCCCCCCC(=O)NC(CCNCC)NC(=O)CCCCCCCCCCC. The molecule has 0 radical (unpaired) electrons. The lowest BCUT2D eigenvalue weighted by Crippen LogP contribution is -2.49. The van der Waals surface area contributed by atoms with Crippen LogP contribution in [0.1, 0.15) is 156 Å². The summed E-state index contributed by atoms with van der Waals surface area (Å²) >= 11 is 0. The van der Waals surface area contributed by atoms with E-state index >= 15 is 0 Å². The second-order valence-electron chi connectivity index (χ2n) is 9.99. The maximum absolute atomic E-state index is 12.4. The average molecular weight is 482 g/mol. The molecule has 0 rings (SSSR count). The van der Waals surface area contributed by atoms with Crippen LogP contribution >= 0.6 is 0 Å². The highest BCUT2D eigenvalue weighted by Crippen LogP contribution is 2.11. The Labute approximate surface area is 212 Å². The Morgan fingerprint density at radius 2 is 0.882 bits per heavy atom. The van der Waals surface area contributed by atoms with Crippen molar-refractivity contribution in [3.63, 3.8) is 0 Å². The van der Waals surface area contributed by atoms with Gasteiger partial charge in [0.05, 0.1) is 0 Å². The van der Waals surface area contributed by atoms with Crippen molar-refractivity contribution in [2.75, 3.05) is 13.1 Å². The van der Waals surface area contributed by atoms with E-state index in [1.165, 1.54) is 89.9 Å². The lowest BCUT2D eigenvalue weighted by molar-refractivity contribution is -0.124. The zero-order valence-corrected chi connectivity index (χ0v) is 23.2. The van der Waals surface area contributed by atoms with E-state index in [2.05, 4.69) is 36.7 Å². The molecule has 0 aromatic carbocycles. The minimum atomic E-state index is -0.267. The number of nitrogens with one attached hydrogen (secondary N) is 3. The Morgan fingerprint density at radius 3 is 1.24 bits per heavy atom. The molecule has 202 valence electrons. The molecule has 5 heteroatoms. The van der Waals surface area contributed by atoms with Gasteiger partial charge in [0.1, 0.15) is 6.17 Å². The van der Waals surface area contributed by atoms with E-state index in [1.807, 2.05) is 0 Å². The number of carbonyl (C=O) groups excluding carboxylic acids is 2. The molecule has 0 saturated carbocycles. The van der Waals surface area contributed by atoms with Crippen molar-refractivity contribution in [3.05, 3.63) is 0 Å². The molecule has 0 unspecified atom stereocenters. The van der Waals surface area contributed by atoms with Crippen LogP contribution in [-0.2, 0) is 9.59 Å². The van der Waals surface area contributed by atoms with Crippen LogP contribution < -0.4 is 16.0 Å². The summed E-state index contributed by atoms with van der Waals surface area (Å²) in [6.45, 7) is 8.25. The molecule has 0 atom stereocenters. The first-order chi connectivity index (χ1) is 16.6. The first-order valence-electron chi connectivity index (χ1n) is 14.9. The number of hydrogen-bond donors (Lipinski definition) is 3. The van der Waals surface area contributed by atoms with Gasteiger partial charge in [0.2, 0.25) is 11.8 Å². The van der Waals surface area contributed by atoms with Crippen molar-refractivity contribution < 1.29 is 9.59 Å². The van der Waals surface area contributed by atoms with Crippen molar-refractivity contribution in [2.45, 2.75) is 162 Å². The lowest BCUT2D eigenvalue weighted by Gasteiger charge is -2.20. The predicted molar refractivity (Wildman–Crippen MR) is 147 cm³/mol. The molecule has 34 heavy (non-hydrogen) atoms. The van der Waals surface area contributed by atoms with E-state index in [4.69, 9.17) is 0 Å². The van der Waals surface area contributed by atoms with Crippen LogP contribution in [0.15, 0.2) is 0 Å². The summed E-state index contributed by atoms with van der Waals surface area (Å²) < 4.78 is 0. The van der Waals surface area contributed by atoms with E-state index in [0.717, 1.165) is 45.2 Å². The summed E-state index contributed by atoms with van der Waals surface area (Å²) in [7, 11) is 0. The molecule has 0 saturated heterocycles. The van der Waals surface area contributed by atoms with Crippen LogP contribution in [0.4, 0.5) is 0 Å². The zero-order chi connectivity index (χ0) is 25.1. The van der Waals surface area contributed by atoms with E-state index in [-0.39, 0.29) is 18.0 Å². The minimum Gasteiger partial charge on any atom is -0.336 e. The average Bonchev–Trinajstić information content (AvgIpc) is 2.82. The van der Waals surface area contributed by atoms with Gasteiger partial charge in [-0.2, -0.15) is 0 Å². The van der Waals surface area contributed by atoms with Crippen molar-refractivity contribution >= 4 is 11.8 Å². The minimum absolute atomic E-state index is 0.0628. The van der Waals surface area contributed by atoms with Gasteiger partial charge in [-0.15, -0.1) is 0 Å². The predicted octanol–water partition coefficient (Wildman–Crippen LogP) is 7.39. The van der Waals surface area contributed by atoms with Gasteiger partial charge in [0.25, 0.3) is 0 Å². The van der Waals surface area contributed by atoms with Gasteiger partial charge < -0.3 is 16.0 Å². The summed E-state index contributed by atoms with van der Waals surface area (Å²) in [6, 6.07) is 0. The summed E-state index contributed by atoms with van der Waals surface area (Å²) in [5, 5.41) is 9.40. The Bertz CT molecular complexity index is 421. The third-order valence-electron chi connectivity index (χ3n) is 6.55. The monoisotopic (exact) mass is 481 g/mol. The molecule has 0 fully saturated rings. The molecule has 0 heterocycles. The van der Waals surface area contributed by atoms with Gasteiger partial charge >= 0.3 is 0 Å². The van der Waals surface area contributed by atoms with Crippen molar-refractivity contribution in [1.29, 1.82) is 0 Å². The third kappa shape index (κ3) is 24.0. The normalized spacial score (nSPS) is 11.2. The molecule has 0 aliphatic carbocycles. The fraction of sp³-hybridized carbons (Fsp3) is 0.931. The molecule has 5 nitrogen and oxygen atoms in total. The molecule has 0 aliphatic rings. The van der Waals surface area contributed by atoms with Gasteiger partial charge in [-0.05, 0) is 32.4 Å². The largest absolute Gasteiger partial charge is 0.336 e. The maximum atomic E-state index is 12.4. The van der Waals surface area contributed by atoms with Gasteiger partial charge in [-0.25, -0.2) is 0 Å². The van der Waals surface area contributed by atoms with Crippen molar-refractivity contribution in [2.24, 2.45) is 0 Å². The molecule has 0 spiro atoms. The Kier molecular flexibility index (Phi) is 25.6. The molecule has 0 aromatic rings. The van der Waals surface area contributed by atoms with Gasteiger partial charge in [0.15, 0.2) is 0 Å². The van der Waals surface area contributed by atoms with E-state index in [9.17, 15) is 9.59 Å². The van der Waals surface area contributed by atoms with Crippen LogP contribution in [0.3, 0.4) is 0 Å². The zero-order valence-electron chi connectivity index (χ0n) is 23.2. The van der Waals surface area contributed by atoms with E-state index in [0.29, 0.717) is 12.8 Å². The van der Waals surface area contributed by atoms with Crippen LogP contribution in [0.2, 0.25) is 0 Å². The summed E-state index contributed by atoms with van der Waals surface area (Å²) in [5.74, 6) is 0.126. The summed E-state index contributed by atoms with van der Waals surface area (Å²) in [5.41, 5.74) is 0. The van der Waals surface area contributed by atoms with Gasteiger partial charge in [-0.3, -0.25) is 9.59 Å². The second kappa shape index (κ2) is 26.5. The smallest absolute Gasteiger partial charge is 0.221 e. The van der Waals surface area contributed by atoms with Crippen LogP contribution in [0, 0.1) is 0 Å². The quantitative estimate of drug-likeness (QED) is 0.0891. The molecule has 0 aromatic heterocycles. The summed E-state index contributed by atoms with van der Waals surface area (Å²) in [4.78, 5) is 24.8. The molecular formula is C29H59N3O2. The first kappa shape index (κ1) is 32.9. The highest BCUT2D eigenvalue weighted by Gasteiger charge is 2.14. The highest BCUT2D eigenvalue weighted by atomic mass is 16.2. The van der Waals surface area contributed by atoms with Gasteiger partial charge in [0, 0.05) is 12.8 Å². The number of amides is 2. The fourth-order valence-electron chi connectivity index (χ4n) is 4.33. The number of carbonyl (C=O) groups is 2. The maximum Gasteiger partial charge on any atom is 0.221 e. The molecule has 0 aliphatic heterocycles. The number of rotatable bonds is 26. The number of unbranched alkanes of at least 4 members (excludes halogenated alkanes) is 16. The van der Waals surface area contributed by atoms with Gasteiger partial charge in [-0.1, -0.05) is 124 Å². The topological polar surface area (TPSA) is 70.2 Å².